The number of benzene rings is 1. The number of fused-ring (bicyclic) bond motifs is 1. The number of rotatable bonds is 1. The van der Waals surface area contributed by atoms with E-state index in [1.165, 1.54) is 32.9 Å². The molecule has 0 spiro atoms. The van der Waals surface area contributed by atoms with Gasteiger partial charge < -0.3 is 0 Å². The molecule has 0 aliphatic heterocycles. The topological polar surface area (TPSA) is 17.8 Å². The lowest BCUT2D eigenvalue weighted by Gasteiger charge is -2.04. The van der Waals surface area contributed by atoms with Crippen LogP contribution in [-0.4, -0.2) is 9.78 Å². The average molecular weight is 298 g/mol. The van der Waals surface area contributed by atoms with Gasteiger partial charge in [0.05, 0.1) is 17.8 Å². The van der Waals surface area contributed by atoms with Crippen LogP contribution in [0.3, 0.4) is 0 Å². The molecule has 1 aliphatic rings. The fourth-order valence-corrected chi connectivity index (χ4v) is 2.32. The first-order valence-electron chi connectivity index (χ1n) is 4.89. The van der Waals surface area contributed by atoms with Gasteiger partial charge in [-0.1, -0.05) is 6.07 Å². The number of hydrogen-bond donors (Lipinski definition) is 0. The molecule has 0 saturated heterocycles. The SMILES string of the molecule is Cc1c(I)ccc2cnn(C3CC3)c12. The summed E-state index contributed by atoms with van der Waals surface area (Å²) in [6.07, 6.45) is 4.57. The highest BCUT2D eigenvalue weighted by Gasteiger charge is 2.26. The second kappa shape index (κ2) is 2.95. The van der Waals surface area contributed by atoms with Gasteiger partial charge in [-0.2, -0.15) is 5.10 Å². The number of aryl methyl sites for hydroxylation is 1. The van der Waals surface area contributed by atoms with Crippen molar-refractivity contribution in [2.75, 3.05) is 0 Å². The molecule has 0 N–H and O–H groups in total. The maximum Gasteiger partial charge on any atom is 0.0725 e. The Bertz CT molecular complexity index is 497. The van der Waals surface area contributed by atoms with Crippen molar-refractivity contribution in [2.24, 2.45) is 0 Å². The zero-order valence-electron chi connectivity index (χ0n) is 8.00. The van der Waals surface area contributed by atoms with Crippen molar-refractivity contribution >= 4 is 33.5 Å². The molecule has 1 aromatic carbocycles. The Labute approximate surface area is 96.4 Å². The van der Waals surface area contributed by atoms with Crippen LogP contribution in [-0.2, 0) is 0 Å². The Morgan fingerprint density at radius 1 is 1.43 bits per heavy atom. The molecule has 1 heterocycles. The summed E-state index contributed by atoms with van der Waals surface area (Å²) in [6.45, 7) is 2.19. The molecule has 0 radical (unpaired) electrons. The van der Waals surface area contributed by atoms with E-state index in [2.05, 4.69) is 51.4 Å². The molecular weight excluding hydrogens is 287 g/mol. The molecule has 0 unspecified atom stereocenters. The normalized spacial score (nSPS) is 16.4. The minimum atomic E-state index is 0.671. The van der Waals surface area contributed by atoms with Crippen LogP contribution in [0.15, 0.2) is 18.3 Å². The fraction of sp³-hybridized carbons (Fsp3) is 0.364. The van der Waals surface area contributed by atoms with Gasteiger partial charge >= 0.3 is 0 Å². The van der Waals surface area contributed by atoms with Gasteiger partial charge in [-0.3, -0.25) is 4.68 Å². The van der Waals surface area contributed by atoms with E-state index in [0.29, 0.717) is 6.04 Å². The van der Waals surface area contributed by atoms with E-state index < -0.39 is 0 Å². The van der Waals surface area contributed by atoms with E-state index in [1.807, 2.05) is 6.20 Å². The fourth-order valence-electron chi connectivity index (χ4n) is 1.88. The van der Waals surface area contributed by atoms with Crippen LogP contribution in [0.1, 0.15) is 24.4 Å². The van der Waals surface area contributed by atoms with Gasteiger partial charge in [-0.05, 0) is 54.0 Å². The molecule has 0 amide bonds. The van der Waals surface area contributed by atoms with Gasteiger partial charge in [0, 0.05) is 8.96 Å². The molecule has 14 heavy (non-hydrogen) atoms. The number of hydrogen-bond acceptors (Lipinski definition) is 1. The average Bonchev–Trinajstić information content (AvgIpc) is 2.93. The molecule has 3 heteroatoms. The third-order valence-electron chi connectivity index (χ3n) is 2.84. The lowest BCUT2D eigenvalue weighted by atomic mass is 10.2. The first kappa shape index (κ1) is 8.71. The van der Waals surface area contributed by atoms with Crippen LogP contribution in [0, 0.1) is 10.5 Å². The summed E-state index contributed by atoms with van der Waals surface area (Å²) in [6, 6.07) is 5.00. The van der Waals surface area contributed by atoms with Crippen molar-refractivity contribution in [1.82, 2.24) is 9.78 Å². The Morgan fingerprint density at radius 3 is 2.93 bits per heavy atom. The van der Waals surface area contributed by atoms with Crippen molar-refractivity contribution in [2.45, 2.75) is 25.8 Å². The summed E-state index contributed by atoms with van der Waals surface area (Å²) in [5.41, 5.74) is 2.70. The molecule has 3 rings (SSSR count). The molecule has 1 aliphatic carbocycles. The zero-order valence-corrected chi connectivity index (χ0v) is 10.2. The van der Waals surface area contributed by atoms with E-state index in [4.69, 9.17) is 0 Å². The summed E-state index contributed by atoms with van der Waals surface area (Å²) in [4.78, 5) is 0. The Hall–Kier alpha value is -0.580. The number of halogens is 1. The quantitative estimate of drug-likeness (QED) is 0.739. The highest BCUT2D eigenvalue weighted by Crippen LogP contribution is 2.37. The van der Waals surface area contributed by atoms with Crippen molar-refractivity contribution < 1.29 is 0 Å². The molecule has 0 atom stereocenters. The third kappa shape index (κ3) is 1.18. The molecule has 2 nitrogen and oxygen atoms in total. The monoisotopic (exact) mass is 298 g/mol. The van der Waals surface area contributed by atoms with Gasteiger partial charge in [0.1, 0.15) is 0 Å². The first-order valence-corrected chi connectivity index (χ1v) is 5.97. The number of nitrogens with zero attached hydrogens (tertiary/aromatic N) is 2. The second-order valence-electron chi connectivity index (χ2n) is 3.93. The molecule has 1 aromatic heterocycles. The molecule has 2 aromatic rings. The number of aromatic nitrogens is 2. The maximum atomic E-state index is 4.47. The van der Waals surface area contributed by atoms with E-state index in [1.54, 1.807) is 0 Å². The van der Waals surface area contributed by atoms with Gasteiger partial charge in [0.25, 0.3) is 0 Å². The predicted molar refractivity (Wildman–Crippen MR) is 65.5 cm³/mol. The van der Waals surface area contributed by atoms with E-state index in [9.17, 15) is 0 Å². The minimum Gasteiger partial charge on any atom is -0.262 e. The third-order valence-corrected chi connectivity index (χ3v) is 4.01. The minimum absolute atomic E-state index is 0.671. The van der Waals surface area contributed by atoms with E-state index >= 15 is 0 Å². The largest absolute Gasteiger partial charge is 0.262 e. The van der Waals surface area contributed by atoms with Crippen LogP contribution in [0.25, 0.3) is 10.9 Å². The Balaban J connectivity index is 2.36. The first-order chi connectivity index (χ1) is 6.77. The van der Waals surface area contributed by atoms with Gasteiger partial charge in [-0.25, -0.2) is 0 Å². The summed E-state index contributed by atoms with van der Waals surface area (Å²) < 4.78 is 3.53. The van der Waals surface area contributed by atoms with Gasteiger partial charge in [0.15, 0.2) is 0 Å². The molecule has 0 bridgehead atoms. The lowest BCUT2D eigenvalue weighted by molar-refractivity contribution is 0.664. The molecule has 72 valence electrons. The van der Waals surface area contributed by atoms with Gasteiger partial charge in [0.2, 0.25) is 0 Å². The Morgan fingerprint density at radius 2 is 2.21 bits per heavy atom. The van der Waals surface area contributed by atoms with E-state index in [-0.39, 0.29) is 0 Å². The summed E-state index contributed by atoms with van der Waals surface area (Å²) >= 11 is 2.39. The summed E-state index contributed by atoms with van der Waals surface area (Å²) in [7, 11) is 0. The predicted octanol–water partition coefficient (Wildman–Crippen LogP) is 3.28. The molecule has 1 saturated carbocycles. The lowest BCUT2D eigenvalue weighted by Crippen LogP contribution is -1.97. The van der Waals surface area contributed by atoms with E-state index in [0.717, 1.165) is 0 Å². The molecular formula is C11H11IN2. The van der Waals surface area contributed by atoms with Crippen molar-refractivity contribution in [3.8, 4) is 0 Å². The van der Waals surface area contributed by atoms with Crippen molar-refractivity contribution in [3.63, 3.8) is 0 Å². The summed E-state index contributed by atoms with van der Waals surface area (Å²) in [5.74, 6) is 0. The standard InChI is InChI=1S/C11H11IN2/c1-7-10(12)5-2-8-6-13-14(11(7)8)9-3-4-9/h2,5-6,9H,3-4H2,1H3. The van der Waals surface area contributed by atoms with Crippen LogP contribution < -0.4 is 0 Å². The van der Waals surface area contributed by atoms with Gasteiger partial charge in [-0.15, -0.1) is 0 Å². The maximum absolute atomic E-state index is 4.47. The molecule has 1 fully saturated rings. The van der Waals surface area contributed by atoms with Crippen LogP contribution in [0.4, 0.5) is 0 Å². The Kier molecular flexibility index (Phi) is 1.84. The second-order valence-corrected chi connectivity index (χ2v) is 5.09. The summed E-state index contributed by atoms with van der Waals surface area (Å²) in [5, 5.41) is 5.75. The van der Waals surface area contributed by atoms with Crippen molar-refractivity contribution in [3.05, 3.63) is 27.5 Å². The smallest absolute Gasteiger partial charge is 0.0725 e. The highest BCUT2D eigenvalue weighted by molar-refractivity contribution is 14.1. The zero-order chi connectivity index (χ0) is 9.71. The van der Waals surface area contributed by atoms with Crippen molar-refractivity contribution in [1.29, 1.82) is 0 Å². The highest BCUT2D eigenvalue weighted by atomic mass is 127. The van der Waals surface area contributed by atoms with Crippen LogP contribution in [0.2, 0.25) is 0 Å². The van der Waals surface area contributed by atoms with Crippen LogP contribution in [0.5, 0.6) is 0 Å². The van der Waals surface area contributed by atoms with Crippen LogP contribution >= 0.6 is 22.6 Å².